The molecule has 1 heterocycles. The van der Waals surface area contributed by atoms with Gasteiger partial charge in [0.05, 0.1) is 0 Å². The van der Waals surface area contributed by atoms with Crippen molar-refractivity contribution in [2.75, 3.05) is 0 Å². The van der Waals surface area contributed by atoms with Crippen molar-refractivity contribution in [3.8, 4) is 0 Å². The van der Waals surface area contributed by atoms with Gasteiger partial charge in [-0.2, -0.15) is 0 Å². The molecule has 4 heteroatoms. The molecule has 0 aromatic carbocycles. The molecule has 0 aromatic heterocycles. The second-order valence-corrected chi connectivity index (χ2v) is 6.00. The number of carbonyl (C=O) groups is 1. The Balaban J connectivity index is 2.71. The van der Waals surface area contributed by atoms with E-state index in [1.165, 1.54) is 0 Å². The summed E-state index contributed by atoms with van der Waals surface area (Å²) < 4.78 is 0. The van der Waals surface area contributed by atoms with Gasteiger partial charge in [0, 0.05) is 16.7 Å². The summed E-state index contributed by atoms with van der Waals surface area (Å²) >= 11 is 0. The molecule has 1 saturated heterocycles. The van der Waals surface area contributed by atoms with Gasteiger partial charge in [0.2, 0.25) is 0 Å². The molecule has 0 bridgehead atoms. The Bertz CT molecular complexity index is 305. The van der Waals surface area contributed by atoms with Crippen LogP contribution in [0.25, 0.3) is 0 Å². The molecule has 0 atom stereocenters. The molecule has 0 amide bonds. The Labute approximate surface area is 103 Å². The Kier molecular flexibility index (Phi) is 3.99. The van der Waals surface area contributed by atoms with Crippen molar-refractivity contribution in [3.05, 3.63) is 12.2 Å². The van der Waals surface area contributed by atoms with Crippen molar-refractivity contribution >= 4 is 5.97 Å². The van der Waals surface area contributed by atoms with Crippen LogP contribution in [-0.4, -0.2) is 22.1 Å². The molecule has 0 radical (unpaired) electrons. The third-order valence-electron chi connectivity index (χ3n) is 3.21. The van der Waals surface area contributed by atoms with Gasteiger partial charge in [-0.3, -0.25) is 4.89 Å². The van der Waals surface area contributed by atoms with Crippen LogP contribution < -0.4 is 0 Å². The number of hydrogen-bond acceptors (Lipinski definition) is 4. The molecule has 1 fully saturated rings. The van der Waals surface area contributed by atoms with Crippen LogP contribution in [0.2, 0.25) is 0 Å². The van der Waals surface area contributed by atoms with Crippen LogP contribution in [0.15, 0.2) is 12.2 Å². The summed E-state index contributed by atoms with van der Waals surface area (Å²) in [4.78, 5) is 21.4. The lowest BCUT2D eigenvalue weighted by Gasteiger charge is -2.49. The van der Waals surface area contributed by atoms with Gasteiger partial charge in [0.25, 0.3) is 0 Å². The molecule has 17 heavy (non-hydrogen) atoms. The Morgan fingerprint density at radius 2 is 1.65 bits per heavy atom. The van der Waals surface area contributed by atoms with Gasteiger partial charge in [0.15, 0.2) is 0 Å². The highest BCUT2D eigenvalue weighted by Crippen LogP contribution is 2.38. The quantitative estimate of drug-likeness (QED) is 0.432. The molecule has 0 spiro atoms. The van der Waals surface area contributed by atoms with Gasteiger partial charge in [-0.1, -0.05) is 11.6 Å². The summed E-state index contributed by atoms with van der Waals surface area (Å²) in [6.07, 6.45) is 3.18. The third kappa shape index (κ3) is 3.30. The molecule has 1 rings (SSSR count). The number of hydroxylamine groups is 2. The third-order valence-corrected chi connectivity index (χ3v) is 3.21. The van der Waals surface area contributed by atoms with Gasteiger partial charge >= 0.3 is 5.97 Å². The first kappa shape index (κ1) is 14.2. The van der Waals surface area contributed by atoms with E-state index >= 15 is 0 Å². The zero-order chi connectivity index (χ0) is 13.3. The van der Waals surface area contributed by atoms with Crippen molar-refractivity contribution in [2.24, 2.45) is 0 Å². The minimum Gasteiger partial charge on any atom is -0.275 e. The molecule has 4 nitrogen and oxygen atoms in total. The second-order valence-electron chi connectivity index (χ2n) is 6.00. The first-order valence-corrected chi connectivity index (χ1v) is 6.02. The summed E-state index contributed by atoms with van der Waals surface area (Å²) in [6.45, 7) is 13.5. The highest BCUT2D eigenvalue weighted by Gasteiger charge is 2.44. The number of carbonyl (C=O) groups excluding carboxylic acids is 1. The van der Waals surface area contributed by atoms with E-state index in [2.05, 4.69) is 34.3 Å². The topological polar surface area (TPSA) is 38.8 Å². The molecule has 0 unspecified atom stereocenters. The molecular weight excluding hydrogens is 218 g/mol. The van der Waals surface area contributed by atoms with E-state index in [0.29, 0.717) is 5.57 Å². The first-order chi connectivity index (χ1) is 7.67. The standard InChI is InChI=1S/C13H23NO3/c1-10(2)11(15)16-17-14-12(3,4)8-7-9-13(14,5)6/h1,7-9H2,2-6H3. The van der Waals surface area contributed by atoms with Crippen LogP contribution in [0.1, 0.15) is 53.9 Å². The maximum absolute atomic E-state index is 11.3. The number of rotatable bonds is 3. The van der Waals surface area contributed by atoms with Crippen LogP contribution in [0.4, 0.5) is 0 Å². The normalized spacial score (nSPS) is 23.1. The maximum atomic E-state index is 11.3. The molecule has 98 valence electrons. The average molecular weight is 241 g/mol. The van der Waals surface area contributed by atoms with Gasteiger partial charge < -0.3 is 0 Å². The first-order valence-electron chi connectivity index (χ1n) is 6.02. The van der Waals surface area contributed by atoms with E-state index in [9.17, 15) is 4.79 Å². The number of nitrogens with zero attached hydrogens (tertiary/aromatic N) is 1. The Hall–Kier alpha value is -0.870. The summed E-state index contributed by atoms with van der Waals surface area (Å²) in [6, 6.07) is 0. The van der Waals surface area contributed by atoms with Gasteiger partial charge in [-0.15, -0.1) is 5.06 Å². The second kappa shape index (κ2) is 4.78. The predicted octanol–water partition coefficient (Wildman–Crippen LogP) is 3.00. The monoisotopic (exact) mass is 241 g/mol. The van der Waals surface area contributed by atoms with E-state index in [1.54, 1.807) is 12.0 Å². The molecule has 1 aliphatic rings. The van der Waals surface area contributed by atoms with Crippen LogP contribution >= 0.6 is 0 Å². The summed E-state index contributed by atoms with van der Waals surface area (Å²) in [5, 5.41) is 1.78. The fourth-order valence-electron chi connectivity index (χ4n) is 2.32. The Morgan fingerprint density at radius 3 is 2.06 bits per heavy atom. The fraction of sp³-hybridized carbons (Fsp3) is 0.769. The molecule has 1 aliphatic heterocycles. The van der Waals surface area contributed by atoms with Crippen molar-refractivity contribution in [2.45, 2.75) is 65.0 Å². The molecular formula is C13H23NO3. The van der Waals surface area contributed by atoms with Crippen molar-refractivity contribution < 1.29 is 14.7 Å². The smallest absolute Gasteiger partial charge is 0.275 e. The van der Waals surface area contributed by atoms with Crippen LogP contribution in [0.3, 0.4) is 0 Å². The minimum absolute atomic E-state index is 0.142. The van der Waals surface area contributed by atoms with E-state index in [0.717, 1.165) is 19.3 Å². The van der Waals surface area contributed by atoms with Gasteiger partial charge in [-0.05, 0) is 53.9 Å². The number of hydrogen-bond donors (Lipinski definition) is 0. The summed E-state index contributed by atoms with van der Waals surface area (Å²) in [5.74, 6) is -0.526. The fourth-order valence-corrected chi connectivity index (χ4v) is 2.32. The molecule has 0 aromatic rings. The molecule has 0 saturated carbocycles. The Morgan fingerprint density at radius 1 is 1.18 bits per heavy atom. The maximum Gasteiger partial charge on any atom is 0.370 e. The van der Waals surface area contributed by atoms with Crippen molar-refractivity contribution in [3.63, 3.8) is 0 Å². The number of piperidine rings is 1. The minimum atomic E-state index is -0.526. The van der Waals surface area contributed by atoms with Crippen molar-refractivity contribution in [1.29, 1.82) is 0 Å². The zero-order valence-electron chi connectivity index (χ0n) is 11.5. The predicted molar refractivity (Wildman–Crippen MR) is 65.8 cm³/mol. The SMILES string of the molecule is C=C(C)C(=O)OON1C(C)(C)CCCC1(C)C. The highest BCUT2D eigenvalue weighted by atomic mass is 17.3. The highest BCUT2D eigenvalue weighted by molar-refractivity contribution is 5.86. The van der Waals surface area contributed by atoms with Gasteiger partial charge in [0.1, 0.15) is 0 Å². The summed E-state index contributed by atoms with van der Waals surface area (Å²) in [7, 11) is 0. The van der Waals surface area contributed by atoms with E-state index in [-0.39, 0.29) is 11.1 Å². The van der Waals surface area contributed by atoms with E-state index < -0.39 is 5.97 Å². The van der Waals surface area contributed by atoms with Crippen LogP contribution in [0, 0.1) is 0 Å². The lowest BCUT2D eigenvalue weighted by molar-refractivity contribution is -0.448. The zero-order valence-corrected chi connectivity index (χ0v) is 11.5. The molecule has 0 aliphatic carbocycles. The van der Waals surface area contributed by atoms with Gasteiger partial charge in [-0.25, -0.2) is 4.79 Å². The van der Waals surface area contributed by atoms with Crippen LogP contribution in [-0.2, 0) is 14.7 Å². The van der Waals surface area contributed by atoms with E-state index in [1.807, 2.05) is 0 Å². The lowest BCUT2D eigenvalue weighted by atomic mass is 9.82. The lowest BCUT2D eigenvalue weighted by Crippen LogP contribution is -2.58. The van der Waals surface area contributed by atoms with Crippen molar-refractivity contribution in [1.82, 2.24) is 5.06 Å². The average Bonchev–Trinajstić information content (AvgIpc) is 2.14. The largest absolute Gasteiger partial charge is 0.370 e. The summed E-state index contributed by atoms with van der Waals surface area (Å²) in [5.41, 5.74) is 0.0476. The van der Waals surface area contributed by atoms with Crippen LogP contribution in [0.5, 0.6) is 0 Å². The molecule has 0 N–H and O–H groups in total. The van der Waals surface area contributed by atoms with E-state index in [4.69, 9.17) is 9.88 Å².